The number of nitrogens with one attached hydrogen (secondary N) is 1. The summed E-state index contributed by atoms with van der Waals surface area (Å²) in [4.78, 5) is 9.87. The molecule has 2 atom stereocenters. The van der Waals surface area contributed by atoms with E-state index in [1.807, 2.05) is 60.0 Å². The Kier molecular flexibility index (Phi) is 7.52. The summed E-state index contributed by atoms with van der Waals surface area (Å²) in [5.74, 6) is 1.13. The molecule has 0 bridgehead atoms. The Hall–Kier alpha value is -3.31. The maximum absolute atomic E-state index is 12.3. The van der Waals surface area contributed by atoms with E-state index in [1.54, 1.807) is 19.6 Å². The van der Waals surface area contributed by atoms with Gasteiger partial charge in [-0.1, -0.05) is 12.1 Å². The van der Waals surface area contributed by atoms with Crippen LogP contribution in [0.3, 0.4) is 0 Å². The molecule has 0 aliphatic carbocycles. The molecule has 3 heterocycles. The van der Waals surface area contributed by atoms with Gasteiger partial charge < -0.3 is 24.6 Å². The Morgan fingerprint density at radius 2 is 1.89 bits per heavy atom. The number of benzene rings is 2. The fourth-order valence-corrected chi connectivity index (χ4v) is 5.51. The van der Waals surface area contributed by atoms with Gasteiger partial charge in [-0.15, -0.1) is 5.10 Å². The van der Waals surface area contributed by atoms with Crippen molar-refractivity contribution in [3.63, 3.8) is 0 Å². The number of piperazine rings is 1. The number of β-amino-alcohol motifs (C(OH)–C–C–N with tert-alkyl or cyclic N) is 1. The van der Waals surface area contributed by atoms with E-state index in [-0.39, 0.29) is 6.10 Å². The van der Waals surface area contributed by atoms with Gasteiger partial charge in [0.2, 0.25) is 5.95 Å². The highest BCUT2D eigenvalue weighted by molar-refractivity contribution is 7.90. The van der Waals surface area contributed by atoms with Crippen molar-refractivity contribution in [3.05, 3.63) is 60.8 Å². The van der Waals surface area contributed by atoms with Gasteiger partial charge in [-0.25, -0.2) is 9.50 Å². The third-order valence-electron chi connectivity index (χ3n) is 6.56. The van der Waals surface area contributed by atoms with E-state index < -0.39 is 11.2 Å². The summed E-state index contributed by atoms with van der Waals surface area (Å²) in [7, 11) is 1.65. The van der Waals surface area contributed by atoms with Crippen LogP contribution in [0.4, 0.5) is 17.3 Å². The molecule has 2 aromatic carbocycles. The highest BCUT2D eigenvalue weighted by atomic mass is 32.2. The molecule has 0 amide bonds. The molecule has 1 fully saturated rings. The van der Waals surface area contributed by atoms with Crippen molar-refractivity contribution >= 4 is 34.0 Å². The summed E-state index contributed by atoms with van der Waals surface area (Å²) < 4.78 is 19.8. The molecule has 1 saturated heterocycles. The lowest BCUT2D eigenvalue weighted by atomic mass is 10.1. The number of hydrogen-bond acceptors (Lipinski definition) is 8. The quantitative estimate of drug-likeness (QED) is 0.341. The summed E-state index contributed by atoms with van der Waals surface area (Å²) in [5.41, 5.74) is 4.43. The Bertz CT molecular complexity index is 1370. The minimum absolute atomic E-state index is 0.313. The third kappa shape index (κ3) is 5.52. The SMILES string of the molecule is COc1cc(N2CCN(C[C@H](C)O)CC2)ccc1Nc1ncc2ccc(-c3ccccc3[S+](C)[O-])n2n1. The number of nitrogens with zero attached hydrogens (tertiary/aromatic N) is 5. The van der Waals surface area contributed by atoms with Crippen LogP contribution in [0.1, 0.15) is 6.92 Å². The van der Waals surface area contributed by atoms with Gasteiger partial charge in [-0.05, 0) is 54.5 Å². The maximum Gasteiger partial charge on any atom is 0.245 e. The van der Waals surface area contributed by atoms with E-state index >= 15 is 0 Å². The second-order valence-electron chi connectivity index (χ2n) is 9.23. The summed E-state index contributed by atoms with van der Waals surface area (Å²) in [6.07, 6.45) is 3.13. The summed E-state index contributed by atoms with van der Waals surface area (Å²) in [6.45, 7) is 6.14. The molecule has 9 nitrogen and oxygen atoms in total. The first-order valence-electron chi connectivity index (χ1n) is 12.3. The zero-order valence-corrected chi connectivity index (χ0v) is 22.1. The van der Waals surface area contributed by atoms with E-state index in [2.05, 4.69) is 26.2 Å². The van der Waals surface area contributed by atoms with Crippen LogP contribution < -0.4 is 15.0 Å². The third-order valence-corrected chi connectivity index (χ3v) is 7.54. The molecule has 0 spiro atoms. The molecule has 5 rings (SSSR count). The zero-order valence-electron chi connectivity index (χ0n) is 21.3. The number of aliphatic hydroxyl groups is 1. The molecule has 1 aliphatic rings. The van der Waals surface area contributed by atoms with Crippen LogP contribution >= 0.6 is 0 Å². The largest absolute Gasteiger partial charge is 0.612 e. The van der Waals surface area contributed by atoms with E-state index in [0.29, 0.717) is 18.2 Å². The number of aromatic nitrogens is 3. The first kappa shape index (κ1) is 25.3. The summed E-state index contributed by atoms with van der Waals surface area (Å²) in [6, 6.07) is 17.7. The number of hydrogen-bond donors (Lipinski definition) is 2. The normalized spacial score (nSPS) is 16.1. The van der Waals surface area contributed by atoms with Crippen LogP contribution in [0.15, 0.2) is 65.7 Å². The van der Waals surface area contributed by atoms with Crippen LogP contribution in [-0.4, -0.2) is 81.4 Å². The monoisotopic (exact) mass is 520 g/mol. The topological polar surface area (TPSA) is 101 Å². The molecule has 194 valence electrons. The first-order valence-corrected chi connectivity index (χ1v) is 13.9. The standard InChI is InChI=1S/C27H32N6O3S/c1-19(34)18-31-12-14-32(15-13-31)20-8-10-23(25(16-20)36-2)29-27-28-17-21-9-11-24(33(21)30-27)22-6-4-5-7-26(22)37(3)35/h4-11,16-17,19,34H,12-15,18H2,1-3H3,(H,29,30)/t19-,37?/m0/s1. The van der Waals surface area contributed by atoms with E-state index in [9.17, 15) is 9.66 Å². The van der Waals surface area contributed by atoms with E-state index in [0.717, 1.165) is 59.2 Å². The highest BCUT2D eigenvalue weighted by Crippen LogP contribution is 2.33. The minimum Gasteiger partial charge on any atom is -0.612 e. The average Bonchev–Trinajstić information content (AvgIpc) is 3.32. The van der Waals surface area contributed by atoms with Gasteiger partial charge >= 0.3 is 0 Å². The number of methoxy groups -OCH3 is 1. The predicted octanol–water partition coefficient (Wildman–Crippen LogP) is 3.39. The smallest absolute Gasteiger partial charge is 0.245 e. The van der Waals surface area contributed by atoms with Crippen LogP contribution in [0, 0.1) is 0 Å². The molecule has 37 heavy (non-hydrogen) atoms. The van der Waals surface area contributed by atoms with Crippen LogP contribution in [-0.2, 0) is 11.2 Å². The molecule has 2 N–H and O–H groups in total. The highest BCUT2D eigenvalue weighted by Gasteiger charge is 2.20. The molecule has 0 radical (unpaired) electrons. The Morgan fingerprint density at radius 3 is 2.62 bits per heavy atom. The zero-order chi connectivity index (χ0) is 25.9. The molecule has 1 unspecified atom stereocenters. The van der Waals surface area contributed by atoms with Gasteiger partial charge in [0.05, 0.1) is 41.9 Å². The molecule has 4 aromatic rings. The lowest BCUT2D eigenvalue weighted by Crippen LogP contribution is -2.48. The minimum atomic E-state index is -1.13. The Balaban J connectivity index is 1.38. The fraction of sp³-hybridized carbons (Fsp3) is 0.333. The molecule has 10 heteroatoms. The van der Waals surface area contributed by atoms with Gasteiger partial charge in [-0.3, -0.25) is 4.90 Å². The van der Waals surface area contributed by atoms with Gasteiger partial charge in [0.1, 0.15) is 12.0 Å². The average molecular weight is 521 g/mol. The number of fused-ring (bicyclic) bond motifs is 1. The van der Waals surface area contributed by atoms with E-state index in [1.165, 1.54) is 0 Å². The molecule has 2 aromatic heterocycles. The van der Waals surface area contributed by atoms with Crippen molar-refractivity contribution in [1.82, 2.24) is 19.5 Å². The number of ether oxygens (including phenoxy) is 1. The maximum atomic E-state index is 12.3. The lowest BCUT2D eigenvalue weighted by Gasteiger charge is -2.36. The van der Waals surface area contributed by atoms with Crippen molar-refractivity contribution in [1.29, 1.82) is 0 Å². The lowest BCUT2D eigenvalue weighted by molar-refractivity contribution is 0.122. The van der Waals surface area contributed by atoms with Crippen molar-refractivity contribution in [2.75, 3.05) is 56.3 Å². The second-order valence-corrected chi connectivity index (χ2v) is 10.6. The van der Waals surface area contributed by atoms with Crippen molar-refractivity contribution in [2.24, 2.45) is 0 Å². The fourth-order valence-electron chi connectivity index (χ4n) is 4.75. The predicted molar refractivity (Wildman–Crippen MR) is 147 cm³/mol. The van der Waals surface area contributed by atoms with Crippen molar-refractivity contribution in [3.8, 4) is 17.0 Å². The molecular weight excluding hydrogens is 488 g/mol. The van der Waals surface area contributed by atoms with Gasteiger partial charge in [0, 0.05) is 44.5 Å². The molecule has 0 saturated carbocycles. The number of rotatable bonds is 8. The van der Waals surface area contributed by atoms with Gasteiger partial charge in [0.15, 0.2) is 4.90 Å². The van der Waals surface area contributed by atoms with Crippen LogP contribution in [0.5, 0.6) is 5.75 Å². The second kappa shape index (κ2) is 11.0. The Labute approximate surface area is 219 Å². The number of aliphatic hydroxyl groups excluding tert-OH is 1. The van der Waals surface area contributed by atoms with Crippen molar-refractivity contribution in [2.45, 2.75) is 17.9 Å². The Morgan fingerprint density at radius 1 is 1.11 bits per heavy atom. The van der Waals surface area contributed by atoms with Gasteiger partial charge in [0.25, 0.3) is 0 Å². The van der Waals surface area contributed by atoms with E-state index in [4.69, 9.17) is 9.84 Å². The molecular formula is C27H32N6O3S. The van der Waals surface area contributed by atoms with Crippen LogP contribution in [0.2, 0.25) is 0 Å². The van der Waals surface area contributed by atoms with Gasteiger partial charge in [-0.2, -0.15) is 0 Å². The number of anilines is 3. The van der Waals surface area contributed by atoms with Crippen LogP contribution in [0.25, 0.3) is 16.8 Å². The molecule has 1 aliphatic heterocycles. The summed E-state index contributed by atoms with van der Waals surface area (Å²) in [5, 5.41) is 17.7. The first-order chi connectivity index (χ1) is 17.9. The summed E-state index contributed by atoms with van der Waals surface area (Å²) >= 11 is -1.13. The van der Waals surface area contributed by atoms with Crippen molar-refractivity contribution < 1.29 is 14.4 Å².